The van der Waals surface area contributed by atoms with Crippen molar-refractivity contribution in [3.63, 3.8) is 0 Å². The fourth-order valence-corrected chi connectivity index (χ4v) is 3.66. The first-order valence-electron chi connectivity index (χ1n) is 6.73. The van der Waals surface area contributed by atoms with Crippen LogP contribution in [0.1, 0.15) is 36.7 Å². The zero-order valence-corrected chi connectivity index (χ0v) is 11.9. The van der Waals surface area contributed by atoms with Crippen LogP contribution < -0.4 is 5.32 Å². The average molecular weight is 270 g/mol. The first-order valence-corrected chi connectivity index (χ1v) is 7.72. The number of hydrogen-bond donors (Lipinski definition) is 1. The average Bonchev–Trinajstić information content (AvgIpc) is 2.48. The molecule has 2 nitrogen and oxygen atoms in total. The number of hydrogen-bond acceptors (Lipinski definition) is 3. The number of benzene rings is 1. The summed E-state index contributed by atoms with van der Waals surface area (Å²) in [5.41, 5.74) is 2.54. The Hall–Kier alpha value is -1.32. The molecular weight excluding hydrogens is 252 g/mol. The molecule has 1 unspecified atom stereocenters. The van der Waals surface area contributed by atoms with E-state index in [1.54, 1.807) is 0 Å². The molecule has 0 bridgehead atoms. The maximum atomic E-state index is 4.43. The largest absolute Gasteiger partial charge is 0.302 e. The minimum Gasteiger partial charge on any atom is -0.302 e. The molecule has 1 aliphatic rings. The molecule has 1 N–H and O–H groups in total. The number of thioether (sulfide) groups is 1. The van der Waals surface area contributed by atoms with E-state index in [-0.39, 0.29) is 6.04 Å². The summed E-state index contributed by atoms with van der Waals surface area (Å²) in [6, 6.07) is 15.5. The van der Waals surface area contributed by atoms with Crippen LogP contribution in [0, 0.1) is 0 Å². The topological polar surface area (TPSA) is 24.9 Å². The molecule has 1 aromatic carbocycles. The fourth-order valence-electron chi connectivity index (χ4n) is 2.53. The summed E-state index contributed by atoms with van der Waals surface area (Å²) in [5.74, 6) is 1.18. The maximum absolute atomic E-state index is 4.43. The Morgan fingerprint density at radius 3 is 2.89 bits per heavy atom. The van der Waals surface area contributed by atoms with Crippen molar-refractivity contribution in [3.8, 4) is 0 Å². The van der Waals surface area contributed by atoms with Crippen molar-refractivity contribution in [1.82, 2.24) is 10.3 Å². The van der Waals surface area contributed by atoms with E-state index < -0.39 is 0 Å². The molecule has 98 valence electrons. The normalized spacial score (nSPS) is 19.7. The van der Waals surface area contributed by atoms with E-state index in [1.165, 1.54) is 22.6 Å². The van der Waals surface area contributed by atoms with E-state index >= 15 is 0 Å². The molecule has 2 atom stereocenters. The van der Waals surface area contributed by atoms with Gasteiger partial charge in [0.25, 0.3) is 0 Å². The van der Waals surface area contributed by atoms with Gasteiger partial charge in [-0.15, -0.1) is 11.8 Å². The van der Waals surface area contributed by atoms with Gasteiger partial charge < -0.3 is 5.32 Å². The van der Waals surface area contributed by atoms with Gasteiger partial charge in [0.2, 0.25) is 0 Å². The molecule has 0 radical (unpaired) electrons. The molecule has 3 rings (SSSR count). The Kier molecular flexibility index (Phi) is 3.85. The van der Waals surface area contributed by atoms with Crippen LogP contribution in [0.2, 0.25) is 0 Å². The maximum Gasteiger partial charge on any atom is 0.0570 e. The zero-order chi connectivity index (χ0) is 13.1. The summed E-state index contributed by atoms with van der Waals surface area (Å²) in [7, 11) is 0. The van der Waals surface area contributed by atoms with Gasteiger partial charge in [-0.3, -0.25) is 4.98 Å². The summed E-state index contributed by atoms with van der Waals surface area (Å²) < 4.78 is 0. The predicted octanol–water partition coefficient (Wildman–Crippen LogP) is 3.97. The van der Waals surface area contributed by atoms with Crippen molar-refractivity contribution >= 4 is 11.8 Å². The van der Waals surface area contributed by atoms with E-state index in [2.05, 4.69) is 47.6 Å². The second kappa shape index (κ2) is 5.76. The van der Waals surface area contributed by atoms with Crippen LogP contribution in [0.25, 0.3) is 0 Å². The summed E-state index contributed by atoms with van der Waals surface area (Å²) in [4.78, 5) is 5.85. The molecule has 0 saturated heterocycles. The Morgan fingerprint density at radius 2 is 2.05 bits per heavy atom. The van der Waals surface area contributed by atoms with Gasteiger partial charge in [0.15, 0.2) is 0 Å². The molecule has 1 aromatic heterocycles. The van der Waals surface area contributed by atoms with E-state index in [0.29, 0.717) is 6.04 Å². The van der Waals surface area contributed by atoms with Crippen molar-refractivity contribution in [2.45, 2.75) is 30.3 Å². The number of fused-ring (bicyclic) bond motifs is 1. The summed E-state index contributed by atoms with van der Waals surface area (Å²) >= 11 is 1.96. The van der Waals surface area contributed by atoms with Crippen LogP contribution in [-0.4, -0.2) is 10.7 Å². The first-order chi connectivity index (χ1) is 9.34. The number of rotatable bonds is 3. The quantitative estimate of drug-likeness (QED) is 0.913. The van der Waals surface area contributed by atoms with Gasteiger partial charge in [0.05, 0.1) is 5.69 Å². The SMILES string of the molecule is C[C@@H](NC1CCSc2ccccc21)c1ccccn1. The molecule has 2 heterocycles. The number of nitrogens with one attached hydrogen (secondary N) is 1. The molecule has 0 aliphatic carbocycles. The van der Waals surface area contributed by atoms with E-state index in [1.807, 2.05) is 30.1 Å². The molecule has 0 saturated carbocycles. The third-order valence-corrected chi connectivity index (χ3v) is 4.66. The number of pyridine rings is 1. The number of nitrogens with zero attached hydrogens (tertiary/aromatic N) is 1. The molecule has 19 heavy (non-hydrogen) atoms. The molecule has 0 fully saturated rings. The molecule has 0 amide bonds. The molecular formula is C16H18N2S. The standard InChI is InChI=1S/C16H18N2S/c1-12(14-7-4-5-10-17-14)18-15-9-11-19-16-8-3-2-6-13(15)16/h2-8,10,12,15,18H,9,11H2,1H3/t12-,15?/m1/s1. The highest BCUT2D eigenvalue weighted by atomic mass is 32.2. The van der Waals surface area contributed by atoms with Gasteiger partial charge in [-0.25, -0.2) is 0 Å². The van der Waals surface area contributed by atoms with Gasteiger partial charge >= 0.3 is 0 Å². The van der Waals surface area contributed by atoms with Crippen molar-refractivity contribution in [1.29, 1.82) is 0 Å². The third-order valence-electron chi connectivity index (χ3n) is 3.54. The highest BCUT2D eigenvalue weighted by molar-refractivity contribution is 7.99. The van der Waals surface area contributed by atoms with Crippen LogP contribution in [0.4, 0.5) is 0 Å². The van der Waals surface area contributed by atoms with Crippen LogP contribution in [0.15, 0.2) is 53.6 Å². The van der Waals surface area contributed by atoms with Crippen molar-refractivity contribution in [3.05, 3.63) is 59.9 Å². The Bertz CT molecular complexity index is 541. The van der Waals surface area contributed by atoms with Gasteiger partial charge in [-0.1, -0.05) is 24.3 Å². The van der Waals surface area contributed by atoms with E-state index in [9.17, 15) is 0 Å². The lowest BCUT2D eigenvalue weighted by molar-refractivity contribution is 0.444. The molecule has 2 aromatic rings. The second-order valence-corrected chi connectivity index (χ2v) is 6.01. The van der Waals surface area contributed by atoms with Gasteiger partial charge in [-0.2, -0.15) is 0 Å². The van der Waals surface area contributed by atoms with Crippen molar-refractivity contribution < 1.29 is 0 Å². The zero-order valence-electron chi connectivity index (χ0n) is 11.0. The minimum absolute atomic E-state index is 0.280. The lowest BCUT2D eigenvalue weighted by Crippen LogP contribution is -2.27. The summed E-state index contributed by atoms with van der Waals surface area (Å²) in [5, 5.41) is 3.72. The number of aromatic nitrogens is 1. The smallest absolute Gasteiger partial charge is 0.0570 e. The molecule has 0 spiro atoms. The third kappa shape index (κ3) is 2.82. The highest BCUT2D eigenvalue weighted by Gasteiger charge is 2.22. The lowest BCUT2D eigenvalue weighted by Gasteiger charge is -2.28. The fraction of sp³-hybridized carbons (Fsp3) is 0.312. The van der Waals surface area contributed by atoms with E-state index in [4.69, 9.17) is 0 Å². The monoisotopic (exact) mass is 270 g/mol. The molecule has 3 heteroatoms. The first kappa shape index (κ1) is 12.7. The Morgan fingerprint density at radius 1 is 1.21 bits per heavy atom. The van der Waals surface area contributed by atoms with Gasteiger partial charge in [0, 0.05) is 23.2 Å². The molecule has 1 aliphatic heterocycles. The summed E-state index contributed by atoms with van der Waals surface area (Å²) in [6.45, 7) is 2.19. The van der Waals surface area contributed by atoms with Crippen molar-refractivity contribution in [2.24, 2.45) is 0 Å². The van der Waals surface area contributed by atoms with Gasteiger partial charge in [0.1, 0.15) is 0 Å². The van der Waals surface area contributed by atoms with Crippen LogP contribution >= 0.6 is 11.8 Å². The van der Waals surface area contributed by atoms with Crippen LogP contribution in [0.5, 0.6) is 0 Å². The Labute approximate surface area is 118 Å². The Balaban J connectivity index is 1.78. The second-order valence-electron chi connectivity index (χ2n) is 4.87. The predicted molar refractivity (Wildman–Crippen MR) is 80.3 cm³/mol. The highest BCUT2D eigenvalue weighted by Crippen LogP contribution is 2.36. The van der Waals surface area contributed by atoms with E-state index in [0.717, 1.165) is 5.69 Å². The van der Waals surface area contributed by atoms with Crippen molar-refractivity contribution in [2.75, 3.05) is 5.75 Å². The van der Waals surface area contributed by atoms with Gasteiger partial charge in [-0.05, 0) is 42.9 Å². The minimum atomic E-state index is 0.280. The summed E-state index contributed by atoms with van der Waals surface area (Å²) in [6.07, 6.45) is 3.04. The van der Waals surface area contributed by atoms with Crippen LogP contribution in [-0.2, 0) is 0 Å². The van der Waals surface area contributed by atoms with Crippen LogP contribution in [0.3, 0.4) is 0 Å². The lowest BCUT2D eigenvalue weighted by atomic mass is 10.0.